The van der Waals surface area contributed by atoms with E-state index in [1.54, 1.807) is 0 Å². The normalized spacial score (nSPS) is 13.6. The molecule has 0 spiro atoms. The predicted molar refractivity (Wildman–Crippen MR) is 98.8 cm³/mol. The Morgan fingerprint density at radius 2 is 1.79 bits per heavy atom. The van der Waals surface area contributed by atoms with Gasteiger partial charge in [-0.15, -0.1) is 0 Å². The molecular weight excluding hydrogens is 296 g/mol. The second-order valence-electron chi connectivity index (χ2n) is 6.34. The molecule has 2 unspecified atom stereocenters. The Bertz CT molecular complexity index is 807. The number of amides is 1. The standard InChI is InChI=1S/C21H24N2O/c1-3-19(16-9-5-4-6-10-16)23-21(24)15(2)13-17-14-22-20-12-8-7-11-18(17)20/h4-12,14-15,19,22H,3,13H2,1-2H3,(H,23,24). The molecule has 2 aromatic carbocycles. The molecule has 0 bridgehead atoms. The summed E-state index contributed by atoms with van der Waals surface area (Å²) in [6.07, 6.45) is 3.64. The fraction of sp³-hybridized carbons (Fsp3) is 0.286. The number of benzene rings is 2. The predicted octanol–water partition coefficient (Wildman–Crippen LogP) is 4.61. The second kappa shape index (κ2) is 7.35. The summed E-state index contributed by atoms with van der Waals surface area (Å²) < 4.78 is 0. The number of rotatable bonds is 6. The Kier molecular flexibility index (Phi) is 4.99. The van der Waals surface area contributed by atoms with Gasteiger partial charge in [-0.05, 0) is 30.0 Å². The lowest BCUT2D eigenvalue weighted by Gasteiger charge is -2.20. The highest BCUT2D eigenvalue weighted by molar-refractivity contribution is 5.84. The van der Waals surface area contributed by atoms with Crippen LogP contribution in [0.5, 0.6) is 0 Å². The van der Waals surface area contributed by atoms with Crippen molar-refractivity contribution in [2.45, 2.75) is 32.7 Å². The first-order valence-electron chi connectivity index (χ1n) is 8.59. The number of hydrogen-bond acceptors (Lipinski definition) is 1. The van der Waals surface area contributed by atoms with Crippen molar-refractivity contribution in [3.05, 3.63) is 71.9 Å². The minimum Gasteiger partial charge on any atom is -0.361 e. The van der Waals surface area contributed by atoms with Gasteiger partial charge >= 0.3 is 0 Å². The van der Waals surface area contributed by atoms with Crippen molar-refractivity contribution in [1.29, 1.82) is 0 Å². The van der Waals surface area contributed by atoms with Crippen LogP contribution in [0, 0.1) is 5.92 Å². The van der Waals surface area contributed by atoms with Gasteiger partial charge in [0.15, 0.2) is 0 Å². The van der Waals surface area contributed by atoms with Crippen molar-refractivity contribution in [2.75, 3.05) is 0 Å². The smallest absolute Gasteiger partial charge is 0.223 e. The molecular formula is C21H24N2O. The quantitative estimate of drug-likeness (QED) is 0.684. The van der Waals surface area contributed by atoms with E-state index in [1.165, 1.54) is 10.9 Å². The number of nitrogens with one attached hydrogen (secondary N) is 2. The minimum atomic E-state index is -0.0676. The fourth-order valence-corrected chi connectivity index (χ4v) is 3.14. The van der Waals surface area contributed by atoms with E-state index in [0.29, 0.717) is 0 Å². The van der Waals surface area contributed by atoms with E-state index >= 15 is 0 Å². The Labute approximate surface area is 143 Å². The van der Waals surface area contributed by atoms with Gasteiger partial charge in [0.05, 0.1) is 6.04 Å². The maximum atomic E-state index is 12.6. The molecule has 0 aliphatic heterocycles. The van der Waals surface area contributed by atoms with E-state index in [0.717, 1.165) is 23.9 Å². The summed E-state index contributed by atoms with van der Waals surface area (Å²) in [7, 11) is 0. The molecule has 24 heavy (non-hydrogen) atoms. The first-order chi connectivity index (χ1) is 11.7. The molecule has 3 heteroatoms. The van der Waals surface area contributed by atoms with Crippen LogP contribution >= 0.6 is 0 Å². The first kappa shape index (κ1) is 16.3. The van der Waals surface area contributed by atoms with Gasteiger partial charge in [-0.3, -0.25) is 4.79 Å². The van der Waals surface area contributed by atoms with Crippen LogP contribution in [0.2, 0.25) is 0 Å². The molecule has 1 aromatic heterocycles. The first-order valence-corrected chi connectivity index (χ1v) is 8.59. The molecule has 2 N–H and O–H groups in total. The summed E-state index contributed by atoms with van der Waals surface area (Å²) in [6, 6.07) is 18.5. The zero-order valence-corrected chi connectivity index (χ0v) is 14.3. The molecule has 0 fully saturated rings. The lowest BCUT2D eigenvalue weighted by molar-refractivity contribution is -0.125. The number of aromatic nitrogens is 1. The third-order valence-electron chi connectivity index (χ3n) is 4.58. The summed E-state index contributed by atoms with van der Waals surface area (Å²) in [5.74, 6) is 0.0398. The molecule has 124 valence electrons. The Morgan fingerprint density at radius 1 is 1.08 bits per heavy atom. The zero-order chi connectivity index (χ0) is 16.9. The fourth-order valence-electron chi connectivity index (χ4n) is 3.14. The van der Waals surface area contributed by atoms with Crippen molar-refractivity contribution in [3.8, 4) is 0 Å². The molecule has 0 saturated carbocycles. The topological polar surface area (TPSA) is 44.9 Å². The molecule has 1 amide bonds. The summed E-state index contributed by atoms with van der Waals surface area (Å²) in [5.41, 5.74) is 3.48. The highest BCUT2D eigenvalue weighted by Crippen LogP contribution is 2.22. The van der Waals surface area contributed by atoms with Crippen LogP contribution in [0.15, 0.2) is 60.8 Å². The van der Waals surface area contributed by atoms with Crippen LogP contribution in [0.25, 0.3) is 10.9 Å². The molecule has 0 aliphatic carbocycles. The minimum absolute atomic E-state index is 0.0676. The highest BCUT2D eigenvalue weighted by atomic mass is 16.1. The molecule has 0 saturated heterocycles. The molecule has 3 rings (SSSR count). The van der Waals surface area contributed by atoms with E-state index in [1.807, 2.05) is 43.5 Å². The summed E-state index contributed by atoms with van der Waals surface area (Å²) in [4.78, 5) is 15.9. The Morgan fingerprint density at radius 3 is 2.54 bits per heavy atom. The van der Waals surface area contributed by atoms with Gasteiger partial charge in [0.1, 0.15) is 0 Å². The number of fused-ring (bicyclic) bond motifs is 1. The third-order valence-corrected chi connectivity index (χ3v) is 4.58. The van der Waals surface area contributed by atoms with E-state index in [9.17, 15) is 4.79 Å². The molecule has 0 aliphatic rings. The molecule has 3 aromatic rings. The van der Waals surface area contributed by atoms with Gasteiger partial charge in [-0.1, -0.05) is 62.4 Å². The van der Waals surface area contributed by atoms with Gasteiger partial charge < -0.3 is 10.3 Å². The second-order valence-corrected chi connectivity index (χ2v) is 6.34. The monoisotopic (exact) mass is 320 g/mol. The summed E-state index contributed by atoms with van der Waals surface area (Å²) in [6.45, 7) is 4.09. The molecule has 0 radical (unpaired) electrons. The van der Waals surface area contributed by atoms with Gasteiger partial charge in [0, 0.05) is 23.0 Å². The zero-order valence-electron chi connectivity index (χ0n) is 14.3. The largest absolute Gasteiger partial charge is 0.361 e. The molecule has 2 atom stereocenters. The Balaban J connectivity index is 1.68. The number of aromatic amines is 1. The lowest BCUT2D eigenvalue weighted by Crippen LogP contribution is -2.33. The number of para-hydroxylation sites is 1. The van der Waals surface area contributed by atoms with Crippen LogP contribution in [-0.2, 0) is 11.2 Å². The third kappa shape index (κ3) is 3.51. The maximum Gasteiger partial charge on any atom is 0.223 e. The number of carbonyl (C=O) groups is 1. The number of hydrogen-bond donors (Lipinski definition) is 2. The van der Waals surface area contributed by atoms with Gasteiger partial charge in [0.25, 0.3) is 0 Å². The van der Waals surface area contributed by atoms with Crippen LogP contribution in [-0.4, -0.2) is 10.9 Å². The van der Waals surface area contributed by atoms with Crippen LogP contribution in [0.4, 0.5) is 0 Å². The van der Waals surface area contributed by atoms with Gasteiger partial charge in [0.2, 0.25) is 5.91 Å². The van der Waals surface area contributed by atoms with E-state index in [4.69, 9.17) is 0 Å². The van der Waals surface area contributed by atoms with Crippen LogP contribution < -0.4 is 5.32 Å². The van der Waals surface area contributed by atoms with Gasteiger partial charge in [-0.2, -0.15) is 0 Å². The average molecular weight is 320 g/mol. The molecule has 1 heterocycles. The lowest BCUT2D eigenvalue weighted by atomic mass is 9.98. The van der Waals surface area contributed by atoms with E-state index < -0.39 is 0 Å². The van der Waals surface area contributed by atoms with Crippen molar-refractivity contribution in [1.82, 2.24) is 10.3 Å². The van der Waals surface area contributed by atoms with Crippen LogP contribution in [0.3, 0.4) is 0 Å². The van der Waals surface area contributed by atoms with Gasteiger partial charge in [-0.25, -0.2) is 0 Å². The van der Waals surface area contributed by atoms with Crippen molar-refractivity contribution in [2.24, 2.45) is 5.92 Å². The van der Waals surface area contributed by atoms with Crippen molar-refractivity contribution >= 4 is 16.8 Å². The number of carbonyl (C=O) groups excluding carboxylic acids is 1. The number of H-pyrrole nitrogens is 1. The van der Waals surface area contributed by atoms with Crippen LogP contribution in [0.1, 0.15) is 37.4 Å². The van der Waals surface area contributed by atoms with Crippen molar-refractivity contribution in [3.63, 3.8) is 0 Å². The van der Waals surface area contributed by atoms with E-state index in [-0.39, 0.29) is 17.9 Å². The molecule has 3 nitrogen and oxygen atoms in total. The summed E-state index contributed by atoms with van der Waals surface area (Å²) >= 11 is 0. The highest BCUT2D eigenvalue weighted by Gasteiger charge is 2.19. The van der Waals surface area contributed by atoms with E-state index in [2.05, 4.69) is 41.5 Å². The van der Waals surface area contributed by atoms with Crippen molar-refractivity contribution < 1.29 is 4.79 Å². The Hall–Kier alpha value is -2.55. The SMILES string of the molecule is CCC(NC(=O)C(C)Cc1c[nH]c2ccccc12)c1ccccc1. The average Bonchev–Trinajstić information content (AvgIpc) is 3.03. The summed E-state index contributed by atoms with van der Waals surface area (Å²) in [5, 5.41) is 4.40. The maximum absolute atomic E-state index is 12.6.